The van der Waals surface area contributed by atoms with Crippen LogP contribution < -0.4 is 5.56 Å². The Morgan fingerprint density at radius 2 is 1.97 bits per heavy atom. The van der Waals surface area contributed by atoms with Gasteiger partial charge in [0.15, 0.2) is 0 Å². The molecule has 0 unspecified atom stereocenters. The van der Waals surface area contributed by atoms with E-state index in [9.17, 15) is 14.4 Å². The van der Waals surface area contributed by atoms with E-state index in [4.69, 9.17) is 13.9 Å². The van der Waals surface area contributed by atoms with Gasteiger partial charge >= 0.3 is 11.9 Å². The fourth-order valence-electron chi connectivity index (χ4n) is 3.41. The number of hydrogen-bond donors (Lipinski definition) is 0. The van der Waals surface area contributed by atoms with Crippen molar-refractivity contribution in [3.8, 4) is 0 Å². The summed E-state index contributed by atoms with van der Waals surface area (Å²) < 4.78 is 18.1. The van der Waals surface area contributed by atoms with Gasteiger partial charge < -0.3 is 13.9 Å². The molecule has 0 radical (unpaired) electrons. The smallest absolute Gasteiger partial charge is 0.374 e. The van der Waals surface area contributed by atoms with Gasteiger partial charge in [-0.2, -0.15) is 0 Å². The average molecular weight is 499 g/mol. The Morgan fingerprint density at radius 3 is 2.75 bits per heavy atom. The van der Waals surface area contributed by atoms with Crippen LogP contribution in [0.3, 0.4) is 0 Å². The van der Waals surface area contributed by atoms with Gasteiger partial charge in [0.05, 0.1) is 29.4 Å². The summed E-state index contributed by atoms with van der Waals surface area (Å²) >= 11 is 3.39. The van der Waals surface area contributed by atoms with Crippen LogP contribution in [0.25, 0.3) is 21.9 Å². The van der Waals surface area contributed by atoms with Crippen molar-refractivity contribution in [2.75, 3.05) is 6.61 Å². The number of furan rings is 1. The van der Waals surface area contributed by atoms with Crippen molar-refractivity contribution >= 4 is 49.7 Å². The molecular weight excluding hydrogens is 480 g/mol. The monoisotopic (exact) mass is 498 g/mol. The molecule has 4 rings (SSSR count). The van der Waals surface area contributed by atoms with Crippen molar-refractivity contribution in [1.82, 2.24) is 9.55 Å². The summed E-state index contributed by atoms with van der Waals surface area (Å²) in [4.78, 5) is 41.8. The number of carbonyl (C=O) groups is 2. The highest BCUT2D eigenvalue weighted by Crippen LogP contribution is 2.30. The van der Waals surface area contributed by atoms with Gasteiger partial charge in [-0.15, -0.1) is 0 Å². The molecule has 0 spiro atoms. The standard InChI is InChI=1S/C23H19BrN2O6/c1-3-30-23(29)21-17(16-9-14(24)7-8-18(16)32-21)11-31-19(27)10-26-12-25-20-13(2)5-4-6-15(20)22(26)28/h4-9,12H,3,10-11H2,1-2H3. The number of benzene rings is 2. The summed E-state index contributed by atoms with van der Waals surface area (Å²) in [5.74, 6) is -1.32. The number of esters is 2. The third-order valence-corrected chi connectivity index (χ3v) is 5.44. The number of halogens is 1. The molecule has 9 heteroatoms. The maximum Gasteiger partial charge on any atom is 0.374 e. The minimum Gasteiger partial charge on any atom is -0.460 e. The lowest BCUT2D eigenvalue weighted by Gasteiger charge is -2.09. The molecule has 0 saturated carbocycles. The van der Waals surface area contributed by atoms with E-state index in [0.29, 0.717) is 27.4 Å². The van der Waals surface area contributed by atoms with Gasteiger partial charge in [-0.05, 0) is 43.7 Å². The van der Waals surface area contributed by atoms with Gasteiger partial charge in [0.25, 0.3) is 5.56 Å². The molecule has 0 aliphatic heterocycles. The number of fused-ring (bicyclic) bond motifs is 2. The Labute approximate surface area is 190 Å². The SMILES string of the molecule is CCOC(=O)c1oc2ccc(Br)cc2c1COC(=O)Cn1cnc2c(C)cccc2c1=O. The molecule has 2 aromatic heterocycles. The number of nitrogens with zero attached hydrogens (tertiary/aromatic N) is 2. The zero-order chi connectivity index (χ0) is 22.8. The third kappa shape index (κ3) is 4.16. The van der Waals surface area contributed by atoms with Crippen molar-refractivity contribution in [2.24, 2.45) is 0 Å². The first-order valence-electron chi connectivity index (χ1n) is 9.87. The lowest BCUT2D eigenvalue weighted by atomic mass is 10.1. The predicted octanol–water partition coefficient (Wildman–Crippen LogP) is 4.13. The Kier molecular flexibility index (Phi) is 6.09. The first kappa shape index (κ1) is 21.8. The number of hydrogen-bond acceptors (Lipinski definition) is 7. The quantitative estimate of drug-likeness (QED) is 0.368. The van der Waals surface area contributed by atoms with Gasteiger partial charge in [0.1, 0.15) is 18.7 Å². The summed E-state index contributed by atoms with van der Waals surface area (Å²) in [5.41, 5.74) is 2.00. The van der Waals surface area contributed by atoms with Crippen LogP contribution in [0.2, 0.25) is 0 Å². The number of carbonyl (C=O) groups excluding carboxylic acids is 2. The summed E-state index contributed by atoms with van der Waals surface area (Å²) in [6.45, 7) is 3.20. The van der Waals surface area contributed by atoms with E-state index in [-0.39, 0.29) is 31.1 Å². The highest BCUT2D eigenvalue weighted by Gasteiger charge is 2.23. The van der Waals surface area contributed by atoms with Gasteiger partial charge in [0, 0.05) is 9.86 Å². The molecule has 0 N–H and O–H groups in total. The molecule has 2 heterocycles. The van der Waals surface area contributed by atoms with Gasteiger partial charge in [-0.25, -0.2) is 9.78 Å². The highest BCUT2D eigenvalue weighted by molar-refractivity contribution is 9.10. The molecule has 0 amide bonds. The molecule has 0 saturated heterocycles. The number of ether oxygens (including phenoxy) is 2. The van der Waals surface area contributed by atoms with E-state index >= 15 is 0 Å². The summed E-state index contributed by atoms with van der Waals surface area (Å²) in [6, 6.07) is 10.5. The van der Waals surface area contributed by atoms with E-state index in [0.717, 1.165) is 10.0 Å². The second kappa shape index (κ2) is 8.96. The van der Waals surface area contributed by atoms with Crippen LogP contribution in [0.15, 0.2) is 56.4 Å². The average Bonchev–Trinajstić information content (AvgIpc) is 3.12. The minimum atomic E-state index is -0.653. The summed E-state index contributed by atoms with van der Waals surface area (Å²) in [6.07, 6.45) is 1.33. The van der Waals surface area contributed by atoms with E-state index in [1.54, 1.807) is 37.3 Å². The van der Waals surface area contributed by atoms with Crippen LogP contribution in [0.4, 0.5) is 0 Å². The van der Waals surface area contributed by atoms with Crippen molar-refractivity contribution in [1.29, 1.82) is 0 Å². The zero-order valence-electron chi connectivity index (χ0n) is 17.4. The lowest BCUT2D eigenvalue weighted by molar-refractivity contribution is -0.145. The van der Waals surface area contributed by atoms with E-state index < -0.39 is 11.9 Å². The van der Waals surface area contributed by atoms with Gasteiger partial charge in [-0.1, -0.05) is 28.1 Å². The third-order valence-electron chi connectivity index (χ3n) is 4.95. The number of para-hydroxylation sites is 1. The normalized spacial score (nSPS) is 11.1. The molecule has 0 aliphatic rings. The minimum absolute atomic E-state index is 0.0206. The first-order chi connectivity index (χ1) is 15.4. The van der Waals surface area contributed by atoms with Crippen molar-refractivity contribution in [2.45, 2.75) is 27.0 Å². The fraction of sp³-hybridized carbons (Fsp3) is 0.217. The van der Waals surface area contributed by atoms with Crippen LogP contribution >= 0.6 is 15.9 Å². The van der Waals surface area contributed by atoms with Crippen LogP contribution in [-0.2, 0) is 27.4 Å². The number of aromatic nitrogens is 2. The summed E-state index contributed by atoms with van der Waals surface area (Å²) in [5, 5.41) is 1.05. The van der Waals surface area contributed by atoms with E-state index in [1.165, 1.54) is 10.9 Å². The Balaban J connectivity index is 1.58. The summed E-state index contributed by atoms with van der Waals surface area (Å²) in [7, 11) is 0. The Bertz CT molecular complexity index is 1410. The van der Waals surface area contributed by atoms with Gasteiger partial charge in [0.2, 0.25) is 5.76 Å². The largest absolute Gasteiger partial charge is 0.460 e. The number of aryl methyl sites for hydroxylation is 1. The van der Waals surface area contributed by atoms with Crippen LogP contribution in [0, 0.1) is 6.92 Å². The van der Waals surface area contributed by atoms with Gasteiger partial charge in [-0.3, -0.25) is 14.2 Å². The second-order valence-electron chi connectivity index (χ2n) is 7.08. The molecule has 8 nitrogen and oxygen atoms in total. The van der Waals surface area contributed by atoms with E-state index in [1.807, 2.05) is 13.0 Å². The molecule has 0 aliphatic carbocycles. The van der Waals surface area contributed by atoms with Crippen LogP contribution in [-0.4, -0.2) is 28.1 Å². The van der Waals surface area contributed by atoms with Crippen molar-refractivity contribution < 1.29 is 23.5 Å². The highest BCUT2D eigenvalue weighted by atomic mass is 79.9. The molecule has 0 fully saturated rings. The van der Waals surface area contributed by atoms with Crippen molar-refractivity contribution in [3.05, 3.63) is 74.4 Å². The Hall–Kier alpha value is -3.46. The molecular formula is C23H19BrN2O6. The molecule has 32 heavy (non-hydrogen) atoms. The van der Waals surface area contributed by atoms with Crippen molar-refractivity contribution in [3.63, 3.8) is 0 Å². The molecule has 164 valence electrons. The predicted molar refractivity (Wildman–Crippen MR) is 120 cm³/mol. The topological polar surface area (TPSA) is 101 Å². The maximum atomic E-state index is 12.7. The second-order valence-corrected chi connectivity index (χ2v) is 8.00. The number of rotatable bonds is 6. The molecule has 4 aromatic rings. The molecule has 0 atom stereocenters. The maximum absolute atomic E-state index is 12.7. The van der Waals surface area contributed by atoms with Crippen LogP contribution in [0.5, 0.6) is 0 Å². The molecule has 2 aromatic carbocycles. The first-order valence-corrected chi connectivity index (χ1v) is 10.7. The zero-order valence-corrected chi connectivity index (χ0v) is 19.0. The molecule has 0 bridgehead atoms. The van der Waals surface area contributed by atoms with Crippen LogP contribution in [0.1, 0.15) is 28.6 Å². The Morgan fingerprint density at radius 1 is 1.16 bits per heavy atom. The van der Waals surface area contributed by atoms with E-state index in [2.05, 4.69) is 20.9 Å². The lowest BCUT2D eigenvalue weighted by Crippen LogP contribution is -2.26. The fourth-order valence-corrected chi connectivity index (χ4v) is 3.77.